The molecule has 0 amide bonds. The normalized spacial score (nSPS) is 11.2. The van der Waals surface area contributed by atoms with Gasteiger partial charge in [0.2, 0.25) is 0 Å². The summed E-state index contributed by atoms with van der Waals surface area (Å²) >= 11 is 0. The van der Waals surface area contributed by atoms with Crippen LogP contribution < -0.4 is 0 Å². The second kappa shape index (κ2) is 8.60. The molecule has 0 bridgehead atoms. The van der Waals surface area contributed by atoms with Crippen molar-refractivity contribution in [1.82, 2.24) is 0 Å². The minimum absolute atomic E-state index is 0.255. The average molecular weight is 200 g/mol. The van der Waals surface area contributed by atoms with Crippen LogP contribution in [-0.4, -0.2) is 19.2 Å². The van der Waals surface area contributed by atoms with Gasteiger partial charge in [-0.1, -0.05) is 13.3 Å². The van der Waals surface area contributed by atoms with Crippen LogP contribution in [0.4, 0.5) is 0 Å². The Kier molecular flexibility index (Phi) is 7.99. The number of rotatable bonds is 7. The predicted octanol–water partition coefficient (Wildman–Crippen LogP) is 2.66. The number of unbranched alkanes of at least 4 members (excludes halogenated alkanes) is 1. The fourth-order valence-corrected chi connectivity index (χ4v) is 0.984. The summed E-state index contributed by atoms with van der Waals surface area (Å²) in [6, 6.07) is 0. The molecule has 0 atom stereocenters. The lowest BCUT2D eigenvalue weighted by Gasteiger charge is -2.06. The molecule has 0 radical (unpaired) electrons. The maximum atomic E-state index is 11.4. The van der Waals surface area contributed by atoms with E-state index in [4.69, 9.17) is 9.47 Å². The van der Waals surface area contributed by atoms with E-state index >= 15 is 0 Å². The van der Waals surface area contributed by atoms with Gasteiger partial charge in [-0.3, -0.25) is 0 Å². The van der Waals surface area contributed by atoms with Crippen LogP contribution in [0, 0.1) is 0 Å². The second-order valence-electron chi connectivity index (χ2n) is 2.92. The van der Waals surface area contributed by atoms with Crippen molar-refractivity contribution in [3.05, 3.63) is 11.8 Å². The van der Waals surface area contributed by atoms with Crippen LogP contribution in [0.1, 0.15) is 40.0 Å². The fraction of sp³-hybridized carbons (Fsp3) is 0.727. The molecule has 14 heavy (non-hydrogen) atoms. The van der Waals surface area contributed by atoms with E-state index in [1.807, 2.05) is 6.92 Å². The molecule has 0 fully saturated rings. The van der Waals surface area contributed by atoms with Gasteiger partial charge in [0.1, 0.15) is 0 Å². The third kappa shape index (κ3) is 5.62. The van der Waals surface area contributed by atoms with Crippen LogP contribution in [0.5, 0.6) is 0 Å². The van der Waals surface area contributed by atoms with E-state index in [1.165, 1.54) is 6.26 Å². The number of carbonyl (C=O) groups excluding carboxylic acids is 1. The topological polar surface area (TPSA) is 35.5 Å². The molecule has 0 aliphatic heterocycles. The zero-order valence-electron chi connectivity index (χ0n) is 9.34. The maximum Gasteiger partial charge on any atom is 0.337 e. The molecule has 3 nitrogen and oxygen atoms in total. The smallest absolute Gasteiger partial charge is 0.337 e. The van der Waals surface area contributed by atoms with Gasteiger partial charge in [0.25, 0.3) is 0 Å². The largest absolute Gasteiger partial charge is 0.501 e. The van der Waals surface area contributed by atoms with Crippen LogP contribution in [-0.2, 0) is 14.3 Å². The first kappa shape index (κ1) is 13.0. The molecular weight excluding hydrogens is 180 g/mol. The summed E-state index contributed by atoms with van der Waals surface area (Å²) in [5, 5.41) is 0. The number of ether oxygens (including phenoxy) is 2. The standard InChI is InChI=1S/C11H20O3/c1-4-7-8-10(9-13-5-2)11(12)14-6-3/h9H,4-8H2,1-3H3. The number of esters is 1. The molecule has 0 aliphatic rings. The highest BCUT2D eigenvalue weighted by Gasteiger charge is 2.09. The van der Waals surface area contributed by atoms with Crippen LogP contribution in [0.2, 0.25) is 0 Å². The van der Waals surface area contributed by atoms with Gasteiger partial charge in [0, 0.05) is 0 Å². The third-order valence-electron chi connectivity index (χ3n) is 1.73. The highest BCUT2D eigenvalue weighted by Crippen LogP contribution is 2.09. The molecule has 82 valence electrons. The molecule has 0 aromatic heterocycles. The summed E-state index contributed by atoms with van der Waals surface area (Å²) in [5.74, 6) is -0.255. The Morgan fingerprint density at radius 2 is 1.93 bits per heavy atom. The van der Waals surface area contributed by atoms with Gasteiger partial charge in [0.15, 0.2) is 0 Å². The number of hydrogen-bond acceptors (Lipinski definition) is 3. The van der Waals surface area contributed by atoms with Gasteiger partial charge in [-0.05, 0) is 26.7 Å². The second-order valence-corrected chi connectivity index (χ2v) is 2.92. The first-order valence-corrected chi connectivity index (χ1v) is 5.23. The van der Waals surface area contributed by atoms with Gasteiger partial charge >= 0.3 is 5.97 Å². The summed E-state index contributed by atoms with van der Waals surface area (Å²) in [6.07, 6.45) is 4.30. The highest BCUT2D eigenvalue weighted by atomic mass is 16.5. The van der Waals surface area contributed by atoms with Gasteiger partial charge in [-0.2, -0.15) is 0 Å². The molecule has 0 heterocycles. The Morgan fingerprint density at radius 1 is 1.21 bits per heavy atom. The Balaban J connectivity index is 4.15. The van der Waals surface area contributed by atoms with E-state index in [0.29, 0.717) is 18.8 Å². The summed E-state index contributed by atoms with van der Waals surface area (Å²) in [7, 11) is 0. The van der Waals surface area contributed by atoms with E-state index in [-0.39, 0.29) is 5.97 Å². The Morgan fingerprint density at radius 3 is 2.43 bits per heavy atom. The van der Waals surface area contributed by atoms with Gasteiger partial charge in [-0.15, -0.1) is 0 Å². The van der Waals surface area contributed by atoms with Crippen molar-refractivity contribution in [3.8, 4) is 0 Å². The van der Waals surface area contributed by atoms with Crippen LogP contribution in [0.3, 0.4) is 0 Å². The molecule has 0 N–H and O–H groups in total. The SMILES string of the molecule is CCCCC(=COCC)C(=O)OCC. The Hall–Kier alpha value is -0.990. The first-order valence-electron chi connectivity index (χ1n) is 5.23. The zero-order chi connectivity index (χ0) is 10.8. The molecule has 0 unspecified atom stereocenters. The molecule has 0 spiro atoms. The number of hydrogen-bond donors (Lipinski definition) is 0. The zero-order valence-corrected chi connectivity index (χ0v) is 9.34. The fourth-order valence-electron chi connectivity index (χ4n) is 0.984. The minimum Gasteiger partial charge on any atom is -0.501 e. The van der Waals surface area contributed by atoms with Crippen molar-refractivity contribution in [3.63, 3.8) is 0 Å². The number of carbonyl (C=O) groups is 1. The van der Waals surface area contributed by atoms with Crippen molar-refractivity contribution in [1.29, 1.82) is 0 Å². The monoisotopic (exact) mass is 200 g/mol. The summed E-state index contributed by atoms with van der Waals surface area (Å²) in [6.45, 7) is 6.77. The highest BCUT2D eigenvalue weighted by molar-refractivity contribution is 5.88. The van der Waals surface area contributed by atoms with Gasteiger partial charge in [-0.25, -0.2) is 4.79 Å². The summed E-state index contributed by atoms with van der Waals surface area (Å²) < 4.78 is 10.0. The molecule has 0 aromatic rings. The van der Waals surface area contributed by atoms with Crippen LogP contribution in [0.25, 0.3) is 0 Å². The third-order valence-corrected chi connectivity index (χ3v) is 1.73. The molecule has 3 heteroatoms. The minimum atomic E-state index is -0.255. The lowest BCUT2D eigenvalue weighted by atomic mass is 10.1. The molecule has 0 aliphatic carbocycles. The molecule has 0 saturated carbocycles. The van der Waals surface area contributed by atoms with Crippen molar-refractivity contribution in [2.45, 2.75) is 40.0 Å². The van der Waals surface area contributed by atoms with Gasteiger partial charge in [0.05, 0.1) is 25.0 Å². The Labute approximate surface area is 86.1 Å². The molecule has 0 rings (SSSR count). The van der Waals surface area contributed by atoms with E-state index in [2.05, 4.69) is 6.92 Å². The van der Waals surface area contributed by atoms with E-state index < -0.39 is 0 Å². The van der Waals surface area contributed by atoms with Crippen LogP contribution in [0.15, 0.2) is 11.8 Å². The molecule has 0 saturated heterocycles. The van der Waals surface area contributed by atoms with Crippen molar-refractivity contribution in [2.24, 2.45) is 0 Å². The predicted molar refractivity (Wildman–Crippen MR) is 55.9 cm³/mol. The van der Waals surface area contributed by atoms with Crippen molar-refractivity contribution >= 4 is 5.97 Å². The first-order chi connectivity index (χ1) is 6.76. The van der Waals surface area contributed by atoms with Crippen molar-refractivity contribution in [2.75, 3.05) is 13.2 Å². The van der Waals surface area contributed by atoms with E-state index in [9.17, 15) is 4.79 Å². The van der Waals surface area contributed by atoms with Crippen LogP contribution >= 0.6 is 0 Å². The molecule has 0 aromatic carbocycles. The van der Waals surface area contributed by atoms with E-state index in [1.54, 1.807) is 6.92 Å². The summed E-state index contributed by atoms with van der Waals surface area (Å²) in [5.41, 5.74) is 0.635. The lowest BCUT2D eigenvalue weighted by molar-refractivity contribution is -0.138. The maximum absolute atomic E-state index is 11.4. The average Bonchev–Trinajstić information content (AvgIpc) is 2.18. The van der Waals surface area contributed by atoms with Crippen molar-refractivity contribution < 1.29 is 14.3 Å². The van der Waals surface area contributed by atoms with Gasteiger partial charge < -0.3 is 9.47 Å². The summed E-state index contributed by atoms with van der Waals surface area (Å²) in [4.78, 5) is 11.4. The quantitative estimate of drug-likeness (QED) is 0.360. The van der Waals surface area contributed by atoms with E-state index in [0.717, 1.165) is 19.3 Å². The lowest BCUT2D eigenvalue weighted by Crippen LogP contribution is -2.08. The Bertz CT molecular complexity index is 185. The molecular formula is C11H20O3.